The largest absolute Gasteiger partial charge is 0.500 e. The van der Waals surface area contributed by atoms with Gasteiger partial charge in [-0.2, -0.15) is 0 Å². The van der Waals surface area contributed by atoms with Crippen molar-refractivity contribution in [2.24, 2.45) is 0 Å². The Bertz CT molecular complexity index is 527. The Morgan fingerprint density at radius 3 is 2.45 bits per heavy atom. The molecule has 0 aliphatic heterocycles. The van der Waals surface area contributed by atoms with Crippen LogP contribution in [-0.2, 0) is 14.2 Å². The minimum Gasteiger partial charge on any atom is -0.500 e. The summed E-state index contributed by atoms with van der Waals surface area (Å²) in [5.74, 6) is 0.338. The Balaban J connectivity index is 2.42. The van der Waals surface area contributed by atoms with Crippen molar-refractivity contribution < 1.29 is 18.9 Å². The third kappa shape index (κ3) is 2.86. The molecule has 4 heteroatoms. The Labute approximate surface area is 119 Å². The van der Waals surface area contributed by atoms with Crippen LogP contribution < -0.4 is 4.74 Å². The van der Waals surface area contributed by atoms with Gasteiger partial charge in [-0.3, -0.25) is 0 Å². The first-order valence-corrected chi connectivity index (χ1v) is 6.22. The zero-order valence-corrected chi connectivity index (χ0v) is 12.1. The summed E-state index contributed by atoms with van der Waals surface area (Å²) in [4.78, 5) is 0. The predicted molar refractivity (Wildman–Crippen MR) is 74.9 cm³/mol. The van der Waals surface area contributed by atoms with Gasteiger partial charge < -0.3 is 18.9 Å². The molecule has 20 heavy (non-hydrogen) atoms. The minimum atomic E-state index is -1.02. The summed E-state index contributed by atoms with van der Waals surface area (Å²) in [5, 5.41) is 0. The van der Waals surface area contributed by atoms with E-state index in [1.54, 1.807) is 28.4 Å². The topological polar surface area (TPSA) is 36.9 Å². The van der Waals surface area contributed by atoms with E-state index in [2.05, 4.69) is 12.1 Å². The fraction of sp³-hybridized carbons (Fsp3) is 0.375. The Morgan fingerprint density at radius 1 is 1.10 bits per heavy atom. The van der Waals surface area contributed by atoms with Gasteiger partial charge in [-0.15, -0.1) is 0 Å². The van der Waals surface area contributed by atoms with Gasteiger partial charge in [0.05, 0.1) is 20.3 Å². The second kappa shape index (κ2) is 6.11. The average Bonchev–Trinajstić information content (AvgIpc) is 2.54. The summed E-state index contributed by atoms with van der Waals surface area (Å²) in [6, 6.07) is 8.71. The van der Waals surface area contributed by atoms with Crippen LogP contribution in [0.5, 0.6) is 5.75 Å². The second-order valence-corrected chi connectivity index (χ2v) is 4.32. The molecule has 0 bridgehead atoms. The lowest BCUT2D eigenvalue weighted by Gasteiger charge is -2.29. The average molecular weight is 274 g/mol. The van der Waals surface area contributed by atoms with E-state index in [0.29, 0.717) is 17.9 Å². The lowest BCUT2D eigenvalue weighted by atomic mass is 9.93. The fourth-order valence-corrected chi connectivity index (χ4v) is 2.10. The highest BCUT2D eigenvalue weighted by molar-refractivity contribution is 5.70. The molecule has 0 aromatic heterocycles. The highest BCUT2D eigenvalue weighted by Crippen LogP contribution is 2.34. The standard InChI is InChI=1S/C16H18O4/c1-17-14-7-5-6-12(8-14)13-9-15(18-2)11-16(10-13,19-3)20-4/h5-6,8,10H,9H2,1-4H3. The van der Waals surface area contributed by atoms with E-state index in [4.69, 9.17) is 18.9 Å². The maximum Gasteiger partial charge on any atom is 0.219 e. The molecule has 0 fully saturated rings. The van der Waals surface area contributed by atoms with Crippen molar-refractivity contribution in [3.8, 4) is 5.75 Å². The minimum absolute atomic E-state index is 0.623. The van der Waals surface area contributed by atoms with E-state index >= 15 is 0 Å². The van der Waals surface area contributed by atoms with Gasteiger partial charge in [0, 0.05) is 26.7 Å². The van der Waals surface area contributed by atoms with Crippen molar-refractivity contribution in [2.45, 2.75) is 12.2 Å². The van der Waals surface area contributed by atoms with Crippen LogP contribution in [0.3, 0.4) is 0 Å². The van der Waals surface area contributed by atoms with Crippen LogP contribution in [0.15, 0.2) is 30.0 Å². The molecule has 1 aromatic rings. The van der Waals surface area contributed by atoms with Crippen molar-refractivity contribution >= 4 is 5.57 Å². The molecule has 0 spiro atoms. The Kier molecular flexibility index (Phi) is 4.47. The second-order valence-electron chi connectivity index (χ2n) is 4.32. The lowest BCUT2D eigenvalue weighted by Crippen LogP contribution is -2.32. The Hall–Kier alpha value is -1.78. The van der Waals surface area contributed by atoms with Gasteiger partial charge in [-0.05, 0) is 29.3 Å². The molecule has 0 atom stereocenters. The zero-order chi connectivity index (χ0) is 14.6. The number of rotatable bonds is 5. The van der Waals surface area contributed by atoms with Gasteiger partial charge in [0.15, 0.2) is 0 Å². The number of hydrogen-bond donors (Lipinski definition) is 0. The van der Waals surface area contributed by atoms with Crippen LogP contribution in [0.25, 0.3) is 5.57 Å². The van der Waals surface area contributed by atoms with E-state index in [-0.39, 0.29) is 0 Å². The van der Waals surface area contributed by atoms with E-state index in [0.717, 1.165) is 11.1 Å². The molecular formula is C16H18O4. The summed E-state index contributed by atoms with van der Waals surface area (Å²) < 4.78 is 21.4. The van der Waals surface area contributed by atoms with Gasteiger partial charge in [-0.25, -0.2) is 0 Å². The van der Waals surface area contributed by atoms with Crippen LogP contribution >= 0.6 is 0 Å². The molecule has 2 rings (SSSR count). The first-order valence-electron chi connectivity index (χ1n) is 6.22. The van der Waals surface area contributed by atoms with Crippen molar-refractivity contribution in [1.29, 1.82) is 0 Å². The molecule has 0 unspecified atom stereocenters. The lowest BCUT2D eigenvalue weighted by molar-refractivity contribution is -0.141. The Morgan fingerprint density at radius 2 is 1.85 bits per heavy atom. The van der Waals surface area contributed by atoms with Crippen LogP contribution in [0.2, 0.25) is 0 Å². The number of hydrogen-bond acceptors (Lipinski definition) is 4. The summed E-state index contributed by atoms with van der Waals surface area (Å²) in [6.45, 7) is 0. The molecule has 0 saturated carbocycles. The highest BCUT2D eigenvalue weighted by Gasteiger charge is 2.31. The molecule has 0 amide bonds. The van der Waals surface area contributed by atoms with Crippen molar-refractivity contribution in [3.63, 3.8) is 0 Å². The quantitative estimate of drug-likeness (QED) is 0.773. The van der Waals surface area contributed by atoms with E-state index in [1.165, 1.54) is 0 Å². The monoisotopic (exact) mass is 274 g/mol. The maximum absolute atomic E-state index is 5.42. The van der Waals surface area contributed by atoms with Gasteiger partial charge in [0.25, 0.3) is 0 Å². The summed E-state index contributed by atoms with van der Waals surface area (Å²) in [6.07, 6.45) is 5.60. The number of allylic oxidation sites excluding steroid dienone is 1. The fourth-order valence-electron chi connectivity index (χ4n) is 2.10. The maximum atomic E-state index is 5.42. The van der Waals surface area contributed by atoms with Crippen molar-refractivity contribution in [3.05, 3.63) is 47.7 Å². The van der Waals surface area contributed by atoms with E-state index in [9.17, 15) is 0 Å². The number of benzene rings is 1. The SMILES string of the molecule is COC1=[C]C(OC)(OC)C=C(c2cc[c]c(OC)c2)C1. The molecule has 106 valence electrons. The molecule has 0 N–H and O–H groups in total. The van der Waals surface area contributed by atoms with Crippen molar-refractivity contribution in [2.75, 3.05) is 28.4 Å². The number of methoxy groups -OCH3 is 4. The van der Waals surface area contributed by atoms with Gasteiger partial charge in [0.1, 0.15) is 11.5 Å². The smallest absolute Gasteiger partial charge is 0.219 e. The number of ether oxygens (including phenoxy) is 4. The van der Waals surface area contributed by atoms with Crippen molar-refractivity contribution in [1.82, 2.24) is 0 Å². The molecule has 1 aliphatic rings. The molecule has 2 radical (unpaired) electrons. The van der Waals surface area contributed by atoms with Gasteiger partial charge >= 0.3 is 0 Å². The van der Waals surface area contributed by atoms with Crippen LogP contribution in [0.1, 0.15) is 12.0 Å². The van der Waals surface area contributed by atoms with Crippen LogP contribution in [-0.4, -0.2) is 34.2 Å². The summed E-state index contributed by atoms with van der Waals surface area (Å²) in [5.41, 5.74) is 2.03. The highest BCUT2D eigenvalue weighted by atomic mass is 16.7. The molecular weight excluding hydrogens is 256 g/mol. The first-order chi connectivity index (χ1) is 9.66. The molecule has 1 aliphatic carbocycles. The van der Waals surface area contributed by atoms with Crippen LogP contribution in [0, 0.1) is 12.1 Å². The molecule has 1 aromatic carbocycles. The molecule has 0 saturated heterocycles. The van der Waals surface area contributed by atoms with Gasteiger partial charge in [-0.1, -0.05) is 6.07 Å². The molecule has 4 nitrogen and oxygen atoms in total. The summed E-state index contributed by atoms with van der Waals surface area (Å²) in [7, 11) is 6.37. The zero-order valence-electron chi connectivity index (χ0n) is 12.1. The first kappa shape index (κ1) is 14.6. The van der Waals surface area contributed by atoms with Gasteiger partial charge in [0.2, 0.25) is 5.79 Å². The normalized spacial score (nSPS) is 17.2. The van der Waals surface area contributed by atoms with E-state index < -0.39 is 5.79 Å². The predicted octanol–water partition coefficient (Wildman–Crippen LogP) is 2.61. The van der Waals surface area contributed by atoms with Crippen LogP contribution in [0.4, 0.5) is 0 Å². The molecule has 0 heterocycles. The van der Waals surface area contributed by atoms with E-state index in [1.807, 2.05) is 24.3 Å². The third-order valence-electron chi connectivity index (χ3n) is 3.25. The summed E-state index contributed by atoms with van der Waals surface area (Å²) >= 11 is 0. The third-order valence-corrected chi connectivity index (χ3v) is 3.25.